The van der Waals surface area contributed by atoms with Crippen LogP contribution in [0, 0.1) is 20.8 Å². The third-order valence-corrected chi connectivity index (χ3v) is 6.70. The molecule has 0 bridgehead atoms. The number of ketones is 1. The van der Waals surface area contributed by atoms with E-state index in [4.69, 9.17) is 4.74 Å². The van der Waals surface area contributed by atoms with Crippen LogP contribution in [0.2, 0.25) is 0 Å². The zero-order valence-corrected chi connectivity index (χ0v) is 17.4. The molecule has 29 heavy (non-hydrogen) atoms. The number of carbonyl (C=O) groups is 2. The lowest BCUT2D eigenvalue weighted by atomic mass is 9.82. The minimum absolute atomic E-state index is 0.119. The summed E-state index contributed by atoms with van der Waals surface area (Å²) in [5, 5.41) is 0.791. The van der Waals surface area contributed by atoms with Gasteiger partial charge in [-0.1, -0.05) is 0 Å². The first-order chi connectivity index (χ1) is 13.6. The van der Waals surface area contributed by atoms with Gasteiger partial charge >= 0.3 is 6.09 Å². The number of aromatic nitrogens is 2. The molecule has 9 heteroatoms. The number of nitrogens with zero attached hydrogens (tertiary/aromatic N) is 3. The highest BCUT2D eigenvalue weighted by Gasteiger charge is 2.51. The topological polar surface area (TPSA) is 64.4 Å². The molecule has 1 amide bonds. The van der Waals surface area contributed by atoms with Crippen molar-refractivity contribution in [2.24, 2.45) is 0 Å². The summed E-state index contributed by atoms with van der Waals surface area (Å²) in [6.07, 6.45) is 0.830. The van der Waals surface area contributed by atoms with Crippen LogP contribution in [-0.2, 0) is 4.74 Å². The number of Topliss-reactive ketones (excluding diaryl/α,β-unsaturated/α-hetero) is 1. The van der Waals surface area contributed by atoms with Crippen molar-refractivity contribution in [1.82, 2.24) is 14.5 Å². The van der Waals surface area contributed by atoms with Crippen LogP contribution in [0.1, 0.15) is 52.3 Å². The summed E-state index contributed by atoms with van der Waals surface area (Å²) in [7, 11) is 0. The van der Waals surface area contributed by atoms with E-state index in [-0.39, 0.29) is 44.6 Å². The van der Waals surface area contributed by atoms with Gasteiger partial charge in [-0.3, -0.25) is 14.3 Å². The van der Waals surface area contributed by atoms with E-state index in [1.807, 2.05) is 25.3 Å². The summed E-state index contributed by atoms with van der Waals surface area (Å²) in [6.45, 7) is 5.78. The van der Waals surface area contributed by atoms with Gasteiger partial charge in [-0.15, -0.1) is 11.3 Å². The third kappa shape index (κ3) is 3.68. The summed E-state index contributed by atoms with van der Waals surface area (Å²) in [5.74, 6) is -2.90. The molecule has 0 atom stereocenters. The lowest BCUT2D eigenvalue weighted by molar-refractivity contribution is -0.0910. The van der Waals surface area contributed by atoms with Crippen LogP contribution >= 0.6 is 11.3 Å². The van der Waals surface area contributed by atoms with Gasteiger partial charge in [0.2, 0.25) is 5.92 Å². The molecule has 0 aromatic carbocycles. The molecule has 0 radical (unpaired) electrons. The average Bonchev–Trinajstić information content (AvgIpc) is 3.28. The maximum Gasteiger partial charge on any atom is 0.410 e. The molecule has 1 spiro atoms. The van der Waals surface area contributed by atoms with Crippen molar-refractivity contribution in [3.05, 3.63) is 34.1 Å². The second-order valence-corrected chi connectivity index (χ2v) is 9.27. The Morgan fingerprint density at radius 1 is 1.24 bits per heavy atom. The van der Waals surface area contributed by atoms with Crippen molar-refractivity contribution in [3.8, 4) is 5.13 Å². The summed E-state index contributed by atoms with van der Waals surface area (Å²) < 4.78 is 34.3. The predicted molar refractivity (Wildman–Crippen MR) is 104 cm³/mol. The molecule has 1 saturated carbocycles. The lowest BCUT2D eigenvalue weighted by Crippen LogP contribution is -2.42. The first-order valence-electron chi connectivity index (χ1n) is 9.60. The Labute approximate surface area is 171 Å². The van der Waals surface area contributed by atoms with Crippen LogP contribution < -0.4 is 0 Å². The van der Waals surface area contributed by atoms with Gasteiger partial charge < -0.3 is 4.74 Å². The second-order valence-electron chi connectivity index (χ2n) is 8.06. The highest BCUT2D eigenvalue weighted by atomic mass is 32.1. The number of alkyl halides is 2. The van der Waals surface area contributed by atoms with Crippen molar-refractivity contribution < 1.29 is 23.1 Å². The van der Waals surface area contributed by atoms with Gasteiger partial charge in [0.25, 0.3) is 0 Å². The molecule has 3 heterocycles. The number of halogens is 2. The van der Waals surface area contributed by atoms with E-state index in [2.05, 4.69) is 4.98 Å². The van der Waals surface area contributed by atoms with E-state index in [0.29, 0.717) is 5.56 Å². The molecule has 0 unspecified atom stereocenters. The molecular formula is C20H23F2N3O3S. The number of rotatable bonds is 4. The maximum absolute atomic E-state index is 13.5. The molecule has 2 aromatic rings. The minimum atomic E-state index is -2.70. The second kappa shape index (κ2) is 6.90. The minimum Gasteiger partial charge on any atom is -0.441 e. The van der Waals surface area contributed by atoms with Crippen LogP contribution in [0.4, 0.5) is 13.6 Å². The fraction of sp³-hybridized carbons (Fsp3) is 0.550. The number of carbonyl (C=O) groups excluding carboxylic acids is 2. The van der Waals surface area contributed by atoms with Gasteiger partial charge in [-0.2, -0.15) is 0 Å². The Morgan fingerprint density at radius 3 is 2.55 bits per heavy atom. The van der Waals surface area contributed by atoms with Crippen LogP contribution in [0.25, 0.3) is 5.13 Å². The van der Waals surface area contributed by atoms with Crippen molar-refractivity contribution in [2.75, 3.05) is 13.1 Å². The Kier molecular flexibility index (Phi) is 4.76. The molecule has 2 aromatic heterocycles. The van der Waals surface area contributed by atoms with E-state index >= 15 is 0 Å². The van der Waals surface area contributed by atoms with Crippen LogP contribution in [-0.4, -0.2) is 50.9 Å². The van der Waals surface area contributed by atoms with Gasteiger partial charge in [0.05, 0.1) is 13.1 Å². The maximum atomic E-state index is 13.5. The quantitative estimate of drug-likeness (QED) is 0.682. The molecule has 1 saturated heterocycles. The van der Waals surface area contributed by atoms with Gasteiger partial charge in [0.15, 0.2) is 10.9 Å². The number of aryl methyl sites for hydroxylation is 2. The first-order valence-corrected chi connectivity index (χ1v) is 10.4. The molecule has 4 rings (SSSR count). The lowest BCUT2D eigenvalue weighted by Gasteiger charge is -2.34. The van der Waals surface area contributed by atoms with Gasteiger partial charge in [0, 0.05) is 40.9 Å². The Bertz CT molecular complexity index is 972. The van der Waals surface area contributed by atoms with E-state index in [1.165, 1.54) is 16.2 Å². The van der Waals surface area contributed by atoms with Crippen LogP contribution in [0.5, 0.6) is 0 Å². The van der Waals surface area contributed by atoms with Gasteiger partial charge in [-0.25, -0.2) is 18.6 Å². The zero-order valence-electron chi connectivity index (χ0n) is 16.6. The summed E-state index contributed by atoms with van der Waals surface area (Å²) >= 11 is 1.54. The fourth-order valence-electron chi connectivity index (χ4n) is 4.19. The summed E-state index contributed by atoms with van der Waals surface area (Å²) in [4.78, 5) is 32.1. The highest BCUT2D eigenvalue weighted by molar-refractivity contribution is 7.14. The van der Waals surface area contributed by atoms with Crippen molar-refractivity contribution in [2.45, 2.75) is 58.0 Å². The monoisotopic (exact) mass is 423 g/mol. The molecule has 1 aliphatic carbocycles. The number of hydrogen-bond acceptors (Lipinski definition) is 5. The predicted octanol–water partition coefficient (Wildman–Crippen LogP) is 4.44. The van der Waals surface area contributed by atoms with E-state index < -0.39 is 17.6 Å². The molecule has 2 fully saturated rings. The van der Waals surface area contributed by atoms with Crippen LogP contribution in [0.3, 0.4) is 0 Å². The third-order valence-electron chi connectivity index (χ3n) is 5.80. The molecule has 2 aliphatic rings. The van der Waals surface area contributed by atoms with E-state index in [0.717, 1.165) is 21.4 Å². The Balaban J connectivity index is 1.50. The average molecular weight is 423 g/mol. The first kappa shape index (κ1) is 20.0. The number of amides is 1. The Hall–Kier alpha value is -2.29. The smallest absolute Gasteiger partial charge is 0.410 e. The van der Waals surface area contributed by atoms with Gasteiger partial charge in [0.1, 0.15) is 5.60 Å². The highest BCUT2D eigenvalue weighted by Crippen LogP contribution is 2.43. The summed E-state index contributed by atoms with van der Waals surface area (Å²) in [5.41, 5.74) is 1.28. The molecule has 156 valence electrons. The van der Waals surface area contributed by atoms with Crippen molar-refractivity contribution >= 4 is 23.2 Å². The number of thiazole rings is 1. The largest absolute Gasteiger partial charge is 0.441 e. The Morgan fingerprint density at radius 2 is 1.93 bits per heavy atom. The SMILES string of the molecule is Cc1cnc(-n2c(C)cc(C(=O)CN3CC4(CCC(F)(F)CC4)OC3=O)c2C)s1. The van der Waals surface area contributed by atoms with Crippen LogP contribution in [0.15, 0.2) is 12.3 Å². The molecular weight excluding hydrogens is 400 g/mol. The van der Waals surface area contributed by atoms with Crippen molar-refractivity contribution in [1.29, 1.82) is 0 Å². The number of hydrogen-bond donors (Lipinski definition) is 0. The fourth-order valence-corrected chi connectivity index (χ4v) is 5.06. The molecule has 0 N–H and O–H groups in total. The van der Waals surface area contributed by atoms with Gasteiger partial charge in [-0.05, 0) is 39.7 Å². The normalized spacial score (nSPS) is 20.3. The summed E-state index contributed by atoms with van der Waals surface area (Å²) in [6, 6.07) is 1.80. The van der Waals surface area contributed by atoms with E-state index in [9.17, 15) is 18.4 Å². The van der Waals surface area contributed by atoms with Crippen molar-refractivity contribution in [3.63, 3.8) is 0 Å². The number of ether oxygens (including phenoxy) is 1. The zero-order chi connectivity index (χ0) is 21.0. The molecule has 1 aliphatic heterocycles. The molecule has 6 nitrogen and oxygen atoms in total. The standard InChI is InChI=1S/C20H23F2N3O3S/c1-12-8-15(14(3)25(12)17-23-9-13(2)29-17)16(26)10-24-11-19(28-18(24)27)4-6-20(21,22)7-5-19/h8-9H,4-7,10-11H2,1-3H3. The van der Waals surface area contributed by atoms with E-state index in [1.54, 1.807) is 12.3 Å².